The fraction of sp³-hybridized carbons (Fsp3) is 0.875. The number of hydrogen-bond donors (Lipinski definition) is 0. The number of hydrogen-bond acceptors (Lipinski definition) is 29. The minimum Gasteiger partial charge on any atom is -0.870 e. The number of carbonyl (C=O) groups is 8. The van der Waals surface area contributed by atoms with E-state index in [4.69, 9.17) is 0 Å². The third-order valence-electron chi connectivity index (χ3n) is 9.83. The Labute approximate surface area is 725 Å². The zero-order valence-corrected chi connectivity index (χ0v) is 74.5. The summed E-state index contributed by atoms with van der Waals surface area (Å²) in [5, 5.41) is 141. The van der Waals surface area contributed by atoms with Gasteiger partial charge in [0.15, 0.2) is 0 Å². The molecule has 0 bridgehead atoms. The predicted octanol–water partition coefficient (Wildman–Crippen LogP) is -6.85. The van der Waals surface area contributed by atoms with Crippen molar-refractivity contribution in [2.45, 2.75) is 225 Å². The van der Waals surface area contributed by atoms with E-state index in [1.807, 2.05) is 14.7 Å². The Kier molecular flexibility index (Phi) is 149. The molecule has 0 atom stereocenters. The van der Waals surface area contributed by atoms with Gasteiger partial charge in [-0.2, -0.15) is 0 Å². The summed E-state index contributed by atoms with van der Waals surface area (Å²) in [6.45, 7) is 50.0. The van der Waals surface area contributed by atoms with Crippen molar-refractivity contribution in [3.8, 4) is 0 Å². The van der Waals surface area contributed by atoms with E-state index in [2.05, 4.69) is 20.8 Å². The first-order chi connectivity index (χ1) is 39.6. The Morgan fingerprint density at radius 1 is 0.230 bits per heavy atom. The predicted molar refractivity (Wildman–Crippen MR) is 330 cm³/mol. The molecule has 0 saturated heterocycles. The molecule has 6 N–H and O–H groups in total. The summed E-state index contributed by atoms with van der Waals surface area (Å²) < 4.78 is 0. The monoisotopic (exact) mass is 2020 g/mol. The first-order valence-corrected chi connectivity index (χ1v) is 30.0. The zero-order chi connectivity index (χ0) is 74.2. The van der Waals surface area contributed by atoms with E-state index in [1.165, 1.54) is 0 Å². The molecule has 0 fully saturated rings. The van der Waals surface area contributed by atoms with Crippen molar-refractivity contribution in [1.29, 1.82) is 0 Å². The van der Waals surface area contributed by atoms with Gasteiger partial charge in [0.05, 0.1) is 0 Å². The topological polar surface area (TPSA) is 621 Å². The van der Waals surface area contributed by atoms with Gasteiger partial charge in [-0.05, 0) is 78.2 Å². The minimum absolute atomic E-state index is 0. The molecule has 0 heterocycles. The van der Waals surface area contributed by atoms with Crippen LogP contribution in [0.3, 0.4) is 0 Å². The van der Waals surface area contributed by atoms with Crippen LogP contribution in [0, 0.1) is 158 Å². The first kappa shape index (κ1) is 162. The molecule has 0 aromatic rings. The van der Waals surface area contributed by atoms with Gasteiger partial charge < -0.3 is 152 Å². The van der Waals surface area contributed by atoms with Gasteiger partial charge in [-0.3, -0.25) is 0 Å². The largest absolute Gasteiger partial charge is 3.00 e. The zero-order valence-electron chi connectivity index (χ0n) is 64.6. The van der Waals surface area contributed by atoms with E-state index < -0.39 is 91.1 Å². The number of rotatable bonds is 21. The summed E-state index contributed by atoms with van der Waals surface area (Å²) >= 11 is 0. The van der Waals surface area contributed by atoms with Crippen LogP contribution < -0.4 is 71.5 Å². The van der Waals surface area contributed by atoms with Gasteiger partial charge in [0.25, 0.3) is 0 Å². The molecule has 0 aliphatic heterocycles. The van der Waals surface area contributed by atoms with Crippen molar-refractivity contribution in [1.82, 2.24) is 14.7 Å². The molecule has 610 valence electrons. The standard InChI is InChI=1S/3C8H17NO2.8C5H10O2.3Cr.3Dy.5H2O/c3*1-2-3-4-9(5-7-10)6-8-11;8*1-5(2,3)4(6)7;;;;;;;;;;;/h3*2-8H2,1H3;8*1-3H3,(H,6,7);;;;;;;5*1H2/q3*-2;;;;;;;;;6*+3;;;;;/p-12. The van der Waals surface area contributed by atoms with Gasteiger partial charge in [-0.15, -0.1) is 39.6 Å². The van der Waals surface area contributed by atoms with Gasteiger partial charge in [0.2, 0.25) is 0 Å². The second-order valence-electron chi connectivity index (χ2n) is 28.1. The maximum absolute atomic E-state index is 10.2. The SMILES string of the molecule is CC(C)(C)C(=O)[O-].CC(C)(C)C(=O)[O-].CC(C)(C)C(=O)[O-].CC(C)(C)C(=O)[O-].CC(C)(C)C(=O)[O-].CC(C)(C)C(=O)[O-].CC(C)(C)C(=O)[O-].CC(C)(C)C(=O)[O-].CCCCN(CC[O-])CC[O-].CCCCN(CC[O-])CC[O-].CCCCN(CC[O-])CC[O-].O.[Cr+3].[Cr+3].[Cr+3].[Dy+3].[Dy+3].[Dy+3].[OH-].[OH-].[OH-].[OH-]. The number of carboxylic acid groups (broad SMARTS) is 8. The van der Waals surface area contributed by atoms with Gasteiger partial charge in [-0.25, -0.2) is 0 Å². The molecular weight excluding hydrogens is 1890 g/mol. The van der Waals surface area contributed by atoms with Gasteiger partial charge >= 0.3 is 167 Å². The molecule has 0 unspecified atom stereocenters. The molecule has 0 aromatic carbocycles. The molecule has 0 spiro atoms. The van der Waals surface area contributed by atoms with Crippen LogP contribution in [0.1, 0.15) is 225 Å². The molecule has 36 heteroatoms. The van der Waals surface area contributed by atoms with E-state index in [1.54, 1.807) is 166 Å². The fourth-order valence-corrected chi connectivity index (χ4v) is 2.93. The Morgan fingerprint density at radius 3 is 0.340 bits per heavy atom. The quantitative estimate of drug-likeness (QED) is 0.103. The molecule has 0 aromatic heterocycles. The Bertz CT molecular complexity index is 1430. The van der Waals surface area contributed by atoms with Gasteiger partial charge in [0.1, 0.15) is 0 Å². The summed E-state index contributed by atoms with van der Waals surface area (Å²) in [7, 11) is 0. The van der Waals surface area contributed by atoms with Crippen LogP contribution in [0.25, 0.3) is 0 Å². The fourth-order valence-electron chi connectivity index (χ4n) is 2.93. The first-order valence-electron chi connectivity index (χ1n) is 30.0. The van der Waals surface area contributed by atoms with Gasteiger partial charge in [-0.1, -0.05) is 206 Å². The molecular formula is C64H129Cr3Dy3N3O27. The average molecular weight is 2020 g/mol. The second kappa shape index (κ2) is 92.0. The number of nitrogens with zero attached hydrogens (tertiary/aromatic N) is 3. The number of carboxylic acids is 8. The second-order valence-corrected chi connectivity index (χ2v) is 28.1. The van der Waals surface area contributed by atoms with Crippen LogP contribution in [-0.4, -0.2) is 188 Å². The van der Waals surface area contributed by atoms with Crippen LogP contribution in [0.5, 0.6) is 0 Å². The average Bonchev–Trinajstić information content (AvgIpc) is 3.34. The van der Waals surface area contributed by atoms with E-state index in [9.17, 15) is 110 Å². The van der Waals surface area contributed by atoms with Crippen molar-refractivity contribution in [3.05, 3.63) is 0 Å². The minimum atomic E-state index is -1.01. The number of aliphatic carboxylic acids is 8. The number of carbonyl (C=O) groups excluding carboxylic acids is 8. The Balaban J connectivity index is -0.0000000333. The van der Waals surface area contributed by atoms with E-state index in [-0.39, 0.29) is 234 Å². The maximum Gasteiger partial charge on any atom is 3.00 e. The van der Waals surface area contributed by atoms with Gasteiger partial charge in [0, 0.05) is 91.1 Å². The molecule has 0 aliphatic rings. The molecule has 0 amide bonds. The normalized spacial score (nSPS) is 9.92. The molecule has 0 rings (SSSR count). The van der Waals surface area contributed by atoms with Crippen LogP contribution in [-0.2, 0) is 90.4 Å². The van der Waals surface area contributed by atoms with Crippen LogP contribution in [0.2, 0.25) is 0 Å². The Hall–Kier alpha value is 0.616. The molecule has 0 aliphatic carbocycles. The molecule has 0 saturated carbocycles. The third kappa shape index (κ3) is 152. The smallest absolute Gasteiger partial charge is 0.870 e. The van der Waals surface area contributed by atoms with Crippen LogP contribution in [0.4, 0.5) is 0 Å². The van der Waals surface area contributed by atoms with Crippen molar-refractivity contribution >= 4 is 47.8 Å². The summed E-state index contributed by atoms with van der Waals surface area (Å²) in [4.78, 5) is 85.1. The summed E-state index contributed by atoms with van der Waals surface area (Å²) in [5.41, 5.74) is -5.56. The van der Waals surface area contributed by atoms with E-state index in [0.717, 1.165) is 58.2 Å². The molecule has 30 nitrogen and oxygen atoms in total. The van der Waals surface area contributed by atoms with E-state index >= 15 is 0 Å². The summed E-state index contributed by atoms with van der Waals surface area (Å²) in [6, 6.07) is 0. The third-order valence-corrected chi connectivity index (χ3v) is 9.83. The van der Waals surface area contributed by atoms with Crippen molar-refractivity contribution < 1.29 is 304 Å². The van der Waals surface area contributed by atoms with Crippen LogP contribution in [0.15, 0.2) is 0 Å². The van der Waals surface area contributed by atoms with Crippen molar-refractivity contribution in [3.63, 3.8) is 0 Å². The molecule has 6 radical (unpaired) electrons. The van der Waals surface area contributed by atoms with Crippen molar-refractivity contribution in [2.75, 3.05) is 98.5 Å². The summed E-state index contributed by atoms with van der Waals surface area (Å²) in [6.07, 6.45) is 6.61. The maximum atomic E-state index is 10.2. The van der Waals surface area contributed by atoms with Crippen molar-refractivity contribution in [2.24, 2.45) is 43.3 Å². The number of unbranched alkanes of at least 4 members (excludes halogenated alkanes) is 3. The Morgan fingerprint density at radius 2 is 0.300 bits per heavy atom. The molecule has 100 heavy (non-hydrogen) atoms. The van der Waals surface area contributed by atoms with Crippen LogP contribution >= 0.6 is 0 Å². The summed E-state index contributed by atoms with van der Waals surface area (Å²) in [5.74, 6) is -8.06. The van der Waals surface area contributed by atoms with E-state index in [0.29, 0.717) is 39.3 Å².